The zero-order valence-electron chi connectivity index (χ0n) is 12.0. The molecule has 2 rings (SSSR count). The van der Waals surface area contributed by atoms with Crippen molar-refractivity contribution in [2.24, 2.45) is 0 Å². The Hall–Kier alpha value is -1.34. The number of alkyl halides is 3. The van der Waals surface area contributed by atoms with Crippen molar-refractivity contribution < 1.29 is 21.6 Å². The number of rotatable bonds is 5. The number of nitrogens with one attached hydrogen (secondary N) is 1. The van der Waals surface area contributed by atoms with Crippen molar-refractivity contribution in [3.63, 3.8) is 0 Å². The van der Waals surface area contributed by atoms with Crippen LogP contribution in [0.25, 0.3) is 0 Å². The lowest BCUT2D eigenvalue weighted by molar-refractivity contribution is -0.137. The van der Waals surface area contributed by atoms with E-state index < -0.39 is 21.8 Å². The number of hydrogen-bond acceptors (Lipinski definition) is 2. The largest absolute Gasteiger partial charge is 0.416 e. The molecule has 1 aliphatic rings. The first-order valence-electron chi connectivity index (χ1n) is 7.14. The predicted molar refractivity (Wildman–Crippen MR) is 77.8 cm³/mol. The summed E-state index contributed by atoms with van der Waals surface area (Å²) >= 11 is 0. The Bertz CT molecular complexity index is 651. The third kappa shape index (κ3) is 4.58. The van der Waals surface area contributed by atoms with Crippen LogP contribution >= 0.6 is 0 Å². The van der Waals surface area contributed by atoms with E-state index in [2.05, 4.69) is 10.8 Å². The Balaban J connectivity index is 2.02. The van der Waals surface area contributed by atoms with Gasteiger partial charge in [0.1, 0.15) is 0 Å². The maximum atomic E-state index is 12.6. The number of hydrogen-bond donors (Lipinski definition) is 1. The molecule has 7 heteroatoms. The lowest BCUT2D eigenvalue weighted by Crippen LogP contribution is -2.25. The molecule has 0 radical (unpaired) electrons. The Morgan fingerprint density at radius 3 is 2.59 bits per heavy atom. The van der Waals surface area contributed by atoms with E-state index in [1.54, 1.807) is 0 Å². The second-order valence-electron chi connectivity index (χ2n) is 5.28. The van der Waals surface area contributed by atoms with Gasteiger partial charge in [0.25, 0.3) is 0 Å². The maximum absolute atomic E-state index is 12.6. The average Bonchev–Trinajstić information content (AvgIpc) is 2.47. The van der Waals surface area contributed by atoms with Gasteiger partial charge >= 0.3 is 6.18 Å². The van der Waals surface area contributed by atoms with Gasteiger partial charge in [0, 0.05) is 6.54 Å². The zero-order valence-corrected chi connectivity index (χ0v) is 12.8. The smallest absolute Gasteiger partial charge is 0.211 e. The van der Waals surface area contributed by atoms with E-state index in [4.69, 9.17) is 0 Å². The molecule has 0 aliphatic heterocycles. The van der Waals surface area contributed by atoms with Crippen molar-refractivity contribution in [1.29, 1.82) is 0 Å². The monoisotopic (exact) mass is 333 g/mol. The van der Waals surface area contributed by atoms with Gasteiger partial charge in [0.05, 0.1) is 10.5 Å². The van der Waals surface area contributed by atoms with Gasteiger partial charge in [-0.25, -0.2) is 13.1 Å². The van der Waals surface area contributed by atoms with Crippen molar-refractivity contribution in [2.75, 3.05) is 6.54 Å². The van der Waals surface area contributed by atoms with Crippen LogP contribution in [-0.4, -0.2) is 15.0 Å². The van der Waals surface area contributed by atoms with Crippen molar-refractivity contribution in [1.82, 2.24) is 4.72 Å². The van der Waals surface area contributed by atoms with Crippen molar-refractivity contribution in [3.8, 4) is 0 Å². The first kappa shape index (κ1) is 17.0. The van der Waals surface area contributed by atoms with Gasteiger partial charge in [-0.15, -0.1) is 0 Å². The fraction of sp³-hybridized carbons (Fsp3) is 0.467. The lowest BCUT2D eigenvalue weighted by atomic mass is 9.97. The molecule has 3 nitrogen and oxygen atoms in total. The fourth-order valence-electron chi connectivity index (χ4n) is 2.40. The highest BCUT2D eigenvalue weighted by Gasteiger charge is 2.31. The lowest BCUT2D eigenvalue weighted by Gasteiger charge is -2.13. The molecule has 1 aromatic carbocycles. The topological polar surface area (TPSA) is 46.2 Å². The van der Waals surface area contributed by atoms with Gasteiger partial charge in [-0.3, -0.25) is 0 Å². The van der Waals surface area contributed by atoms with Gasteiger partial charge in [-0.2, -0.15) is 13.2 Å². The van der Waals surface area contributed by atoms with Gasteiger partial charge in [-0.05, 0) is 50.3 Å². The number of benzene rings is 1. The molecule has 0 saturated heterocycles. The summed E-state index contributed by atoms with van der Waals surface area (Å²) in [5.74, 6) is 0. The quantitative estimate of drug-likeness (QED) is 0.831. The Kier molecular flexibility index (Phi) is 5.28. The van der Waals surface area contributed by atoms with Gasteiger partial charge < -0.3 is 0 Å². The number of sulfonamides is 1. The molecule has 1 aliphatic carbocycles. The summed E-state index contributed by atoms with van der Waals surface area (Å²) in [7, 11) is -3.92. The molecule has 0 amide bonds. The van der Waals surface area contributed by atoms with E-state index in [0.29, 0.717) is 12.5 Å². The van der Waals surface area contributed by atoms with E-state index in [-0.39, 0.29) is 11.4 Å². The maximum Gasteiger partial charge on any atom is 0.416 e. The fourth-order valence-corrected chi connectivity index (χ4v) is 3.48. The molecule has 0 heterocycles. The minimum Gasteiger partial charge on any atom is -0.211 e. The predicted octanol–water partition coefficient (Wildman–Crippen LogP) is 3.87. The highest BCUT2D eigenvalue weighted by atomic mass is 32.2. The van der Waals surface area contributed by atoms with E-state index >= 15 is 0 Å². The summed E-state index contributed by atoms with van der Waals surface area (Å²) in [6, 6.07) is 3.77. The average molecular weight is 333 g/mol. The second-order valence-corrected chi connectivity index (χ2v) is 7.05. The summed E-state index contributed by atoms with van der Waals surface area (Å²) < 4.78 is 64.4. The summed E-state index contributed by atoms with van der Waals surface area (Å²) in [6.07, 6.45) is 2.38. The molecule has 0 unspecified atom stereocenters. The summed E-state index contributed by atoms with van der Waals surface area (Å²) in [6.45, 7) is 0.199. The third-order valence-electron chi connectivity index (χ3n) is 3.59. The standard InChI is InChI=1S/C15H18F3NO2S/c16-15(17,18)13-7-4-8-14(11-13)22(20,21)19-10-9-12-5-2-1-3-6-12/h4-5,7-8,11,19H,1-3,6,9-10H2. The minimum absolute atomic E-state index is 0.199. The summed E-state index contributed by atoms with van der Waals surface area (Å²) in [4.78, 5) is -0.361. The molecular formula is C15H18F3NO2S. The SMILES string of the molecule is O=S(=O)(NCCC1=CCCCC1)c1cccc(C(F)(F)F)c1. The van der Waals surface area contributed by atoms with Crippen molar-refractivity contribution in [3.05, 3.63) is 41.5 Å². The Labute approximate surface area is 128 Å². The van der Waals surface area contributed by atoms with E-state index in [9.17, 15) is 21.6 Å². The molecule has 1 N–H and O–H groups in total. The number of halogens is 3. The van der Waals surface area contributed by atoms with E-state index in [1.807, 2.05) is 0 Å². The molecule has 1 aromatic rings. The molecule has 0 bridgehead atoms. The van der Waals surface area contributed by atoms with Crippen LogP contribution in [0.15, 0.2) is 40.8 Å². The first-order chi connectivity index (χ1) is 10.3. The molecule has 0 aromatic heterocycles. The van der Waals surface area contributed by atoms with Crippen molar-refractivity contribution in [2.45, 2.75) is 43.2 Å². The first-order valence-corrected chi connectivity index (χ1v) is 8.62. The molecule has 0 fully saturated rings. The highest BCUT2D eigenvalue weighted by molar-refractivity contribution is 7.89. The third-order valence-corrected chi connectivity index (χ3v) is 5.05. The van der Waals surface area contributed by atoms with Gasteiger partial charge in [0.15, 0.2) is 0 Å². The van der Waals surface area contributed by atoms with Gasteiger partial charge in [0.2, 0.25) is 10.0 Å². The van der Waals surface area contributed by atoms with E-state index in [0.717, 1.165) is 43.9 Å². The van der Waals surface area contributed by atoms with E-state index in [1.165, 1.54) is 5.57 Å². The minimum atomic E-state index is -4.56. The van der Waals surface area contributed by atoms with Crippen LogP contribution in [0.1, 0.15) is 37.7 Å². The zero-order chi connectivity index (χ0) is 16.2. The molecule has 0 atom stereocenters. The Morgan fingerprint density at radius 2 is 1.95 bits per heavy atom. The Morgan fingerprint density at radius 1 is 1.18 bits per heavy atom. The second kappa shape index (κ2) is 6.83. The van der Waals surface area contributed by atoms with Crippen LogP contribution in [0.5, 0.6) is 0 Å². The van der Waals surface area contributed by atoms with Crippen LogP contribution in [0.3, 0.4) is 0 Å². The van der Waals surface area contributed by atoms with Crippen LogP contribution in [0.4, 0.5) is 13.2 Å². The molecule has 0 spiro atoms. The summed E-state index contributed by atoms with van der Waals surface area (Å²) in [5, 5.41) is 0. The normalized spacial score (nSPS) is 16.4. The van der Waals surface area contributed by atoms with Crippen LogP contribution in [0.2, 0.25) is 0 Å². The van der Waals surface area contributed by atoms with Crippen LogP contribution in [-0.2, 0) is 16.2 Å². The van der Waals surface area contributed by atoms with Crippen LogP contribution in [0, 0.1) is 0 Å². The molecule has 22 heavy (non-hydrogen) atoms. The molecule has 122 valence electrons. The molecule has 0 saturated carbocycles. The summed E-state index contributed by atoms with van der Waals surface area (Å²) in [5.41, 5.74) is 0.239. The van der Waals surface area contributed by atoms with Gasteiger partial charge in [-0.1, -0.05) is 17.7 Å². The highest BCUT2D eigenvalue weighted by Crippen LogP contribution is 2.30. The van der Waals surface area contributed by atoms with Crippen LogP contribution < -0.4 is 4.72 Å². The van der Waals surface area contributed by atoms with Crippen molar-refractivity contribution >= 4 is 10.0 Å². The number of allylic oxidation sites excluding steroid dienone is 1. The molecular weight excluding hydrogens is 315 g/mol.